The molecule has 3 aromatic carbocycles. The van der Waals surface area contributed by atoms with E-state index in [0.717, 1.165) is 25.7 Å². The fourth-order valence-corrected chi connectivity index (χ4v) is 4.88. The number of halogens is 10. The number of benzene rings is 3. The standard InChI is InChI=1S/C29H24F10O2/c1-2-3-5-15-8-9-24(40-14-15)19-7-4-6-18(27(19)34)16-10-20(30)26(21(31)11-16)29(38,39)41-17-12-22(32)25(23(33)13-17)28(35,36)37/h4,6-7,10-13,15,24H,2-3,5,8-9,14H2,1H3. The van der Waals surface area contributed by atoms with E-state index in [1.165, 1.54) is 18.2 Å². The molecule has 12 heteroatoms. The molecule has 2 atom stereocenters. The van der Waals surface area contributed by atoms with Crippen LogP contribution in [0.1, 0.15) is 61.8 Å². The van der Waals surface area contributed by atoms with Crippen LogP contribution < -0.4 is 4.74 Å². The summed E-state index contributed by atoms with van der Waals surface area (Å²) >= 11 is 0. The molecule has 0 aromatic heterocycles. The molecular formula is C29H24F10O2. The lowest BCUT2D eigenvalue weighted by molar-refractivity contribution is -0.189. The molecule has 4 rings (SSSR count). The molecule has 222 valence electrons. The molecule has 0 spiro atoms. The predicted octanol–water partition coefficient (Wildman–Crippen LogP) is 9.85. The lowest BCUT2D eigenvalue weighted by Gasteiger charge is -2.30. The second-order valence-electron chi connectivity index (χ2n) is 9.81. The van der Waals surface area contributed by atoms with Gasteiger partial charge < -0.3 is 9.47 Å². The van der Waals surface area contributed by atoms with Crippen molar-refractivity contribution < 1.29 is 53.4 Å². The predicted molar refractivity (Wildman–Crippen MR) is 129 cm³/mol. The highest BCUT2D eigenvalue weighted by atomic mass is 19.4. The second-order valence-corrected chi connectivity index (χ2v) is 9.81. The monoisotopic (exact) mass is 594 g/mol. The molecule has 1 heterocycles. The van der Waals surface area contributed by atoms with Crippen LogP contribution in [0.2, 0.25) is 0 Å². The van der Waals surface area contributed by atoms with Gasteiger partial charge in [0.25, 0.3) is 0 Å². The van der Waals surface area contributed by atoms with E-state index >= 15 is 4.39 Å². The Morgan fingerprint density at radius 3 is 1.98 bits per heavy atom. The van der Waals surface area contributed by atoms with E-state index in [-0.39, 0.29) is 23.3 Å². The summed E-state index contributed by atoms with van der Waals surface area (Å²) in [5.74, 6) is -10.3. The maximum Gasteiger partial charge on any atom is 0.432 e. The van der Waals surface area contributed by atoms with E-state index in [4.69, 9.17) is 4.74 Å². The molecule has 0 aliphatic carbocycles. The van der Waals surface area contributed by atoms with Gasteiger partial charge in [-0.3, -0.25) is 0 Å². The summed E-state index contributed by atoms with van der Waals surface area (Å²) in [6.07, 6.45) is -6.63. The van der Waals surface area contributed by atoms with Crippen molar-refractivity contribution in [2.45, 2.75) is 57.4 Å². The summed E-state index contributed by atoms with van der Waals surface area (Å²) < 4.78 is 150. The quantitative estimate of drug-likeness (QED) is 0.242. The number of rotatable bonds is 8. The van der Waals surface area contributed by atoms with E-state index in [9.17, 15) is 39.5 Å². The van der Waals surface area contributed by atoms with E-state index in [1.807, 2.05) is 0 Å². The van der Waals surface area contributed by atoms with Crippen molar-refractivity contribution in [2.24, 2.45) is 5.92 Å². The van der Waals surface area contributed by atoms with Crippen molar-refractivity contribution in [3.8, 4) is 16.9 Å². The topological polar surface area (TPSA) is 18.5 Å². The minimum absolute atomic E-state index is 0.140. The molecule has 0 radical (unpaired) electrons. The molecule has 0 amide bonds. The minimum Gasteiger partial charge on any atom is -0.429 e. The van der Waals surface area contributed by atoms with Gasteiger partial charge in [0.05, 0.1) is 12.7 Å². The first kappa shape index (κ1) is 30.7. The number of hydrogen-bond acceptors (Lipinski definition) is 2. The molecule has 0 N–H and O–H groups in total. The van der Waals surface area contributed by atoms with Gasteiger partial charge >= 0.3 is 12.3 Å². The fraction of sp³-hybridized carbons (Fsp3) is 0.379. The Labute approximate surface area is 228 Å². The van der Waals surface area contributed by atoms with Crippen molar-refractivity contribution >= 4 is 0 Å². The summed E-state index contributed by atoms with van der Waals surface area (Å²) in [6, 6.07) is 4.55. The first-order valence-corrected chi connectivity index (χ1v) is 12.8. The van der Waals surface area contributed by atoms with Gasteiger partial charge in [0.1, 0.15) is 46.0 Å². The molecule has 1 fully saturated rings. The smallest absolute Gasteiger partial charge is 0.429 e. The van der Waals surface area contributed by atoms with Crippen molar-refractivity contribution in [3.63, 3.8) is 0 Å². The van der Waals surface area contributed by atoms with E-state index in [0.29, 0.717) is 31.1 Å². The summed E-state index contributed by atoms with van der Waals surface area (Å²) in [6.45, 7) is 2.50. The largest absolute Gasteiger partial charge is 0.432 e. The third-order valence-electron chi connectivity index (χ3n) is 6.90. The zero-order valence-corrected chi connectivity index (χ0v) is 21.5. The van der Waals surface area contributed by atoms with Crippen LogP contribution in [0.3, 0.4) is 0 Å². The molecular weight excluding hydrogens is 570 g/mol. The Morgan fingerprint density at radius 2 is 1.44 bits per heavy atom. The van der Waals surface area contributed by atoms with E-state index in [2.05, 4.69) is 11.7 Å². The third kappa shape index (κ3) is 6.63. The molecule has 1 aliphatic heterocycles. The Morgan fingerprint density at radius 1 is 0.829 bits per heavy atom. The average molecular weight is 594 g/mol. The summed E-state index contributed by atoms with van der Waals surface area (Å²) in [7, 11) is 0. The van der Waals surface area contributed by atoms with E-state index in [1.54, 1.807) is 0 Å². The molecule has 1 aliphatic rings. The van der Waals surface area contributed by atoms with Gasteiger partial charge in [-0.1, -0.05) is 38.0 Å². The van der Waals surface area contributed by atoms with Gasteiger partial charge in [0, 0.05) is 23.3 Å². The number of unbranched alkanes of at least 4 members (excludes halogenated alkanes) is 1. The van der Waals surface area contributed by atoms with Crippen molar-refractivity contribution in [3.05, 3.63) is 88.2 Å². The van der Waals surface area contributed by atoms with Crippen molar-refractivity contribution in [2.75, 3.05) is 6.61 Å². The average Bonchev–Trinajstić information content (AvgIpc) is 2.85. The lowest BCUT2D eigenvalue weighted by atomic mass is 9.90. The zero-order chi connectivity index (χ0) is 30.1. The third-order valence-corrected chi connectivity index (χ3v) is 6.90. The lowest BCUT2D eigenvalue weighted by Crippen LogP contribution is -2.25. The van der Waals surface area contributed by atoms with Gasteiger partial charge in [0.15, 0.2) is 0 Å². The maximum atomic E-state index is 15.5. The highest BCUT2D eigenvalue weighted by molar-refractivity contribution is 5.66. The van der Waals surface area contributed by atoms with Crippen LogP contribution in [0.5, 0.6) is 5.75 Å². The highest BCUT2D eigenvalue weighted by Gasteiger charge is 2.43. The summed E-state index contributed by atoms with van der Waals surface area (Å²) in [5, 5.41) is 0. The molecule has 1 saturated heterocycles. The number of alkyl halides is 5. The van der Waals surface area contributed by atoms with Crippen molar-refractivity contribution in [1.29, 1.82) is 0 Å². The number of ether oxygens (including phenoxy) is 2. The zero-order valence-electron chi connectivity index (χ0n) is 21.5. The Bertz CT molecular complexity index is 1350. The molecule has 0 bridgehead atoms. The van der Waals surface area contributed by atoms with Crippen LogP contribution >= 0.6 is 0 Å². The van der Waals surface area contributed by atoms with Crippen LogP contribution in [-0.4, -0.2) is 6.61 Å². The SMILES string of the molecule is CCCCC1CCC(c2cccc(-c3cc(F)c(C(F)(F)Oc4cc(F)c(C(F)(F)F)c(F)c4)c(F)c3)c2F)OC1. The Balaban J connectivity index is 1.60. The van der Waals surface area contributed by atoms with Crippen LogP contribution in [0, 0.1) is 35.0 Å². The molecule has 0 saturated carbocycles. The normalized spacial score (nSPS) is 18.0. The second kappa shape index (κ2) is 11.9. The Hall–Kier alpha value is -3.28. The minimum atomic E-state index is -5.48. The van der Waals surface area contributed by atoms with Crippen LogP contribution in [0.15, 0.2) is 42.5 Å². The fourth-order valence-electron chi connectivity index (χ4n) is 4.88. The summed E-state index contributed by atoms with van der Waals surface area (Å²) in [5.41, 5.74) is -4.93. The maximum absolute atomic E-state index is 15.5. The molecule has 41 heavy (non-hydrogen) atoms. The first-order chi connectivity index (χ1) is 19.2. The number of hydrogen-bond donors (Lipinski definition) is 0. The van der Waals surface area contributed by atoms with Gasteiger partial charge in [-0.05, 0) is 42.9 Å². The van der Waals surface area contributed by atoms with Gasteiger partial charge in [-0.2, -0.15) is 22.0 Å². The summed E-state index contributed by atoms with van der Waals surface area (Å²) in [4.78, 5) is 0. The Kier molecular flexibility index (Phi) is 8.91. The van der Waals surface area contributed by atoms with Crippen LogP contribution in [0.25, 0.3) is 11.1 Å². The van der Waals surface area contributed by atoms with Gasteiger partial charge in [0.2, 0.25) is 0 Å². The molecule has 2 nitrogen and oxygen atoms in total. The van der Waals surface area contributed by atoms with Crippen molar-refractivity contribution in [1.82, 2.24) is 0 Å². The molecule has 2 unspecified atom stereocenters. The molecule has 3 aromatic rings. The van der Waals surface area contributed by atoms with Crippen LogP contribution in [0.4, 0.5) is 43.9 Å². The van der Waals surface area contributed by atoms with E-state index < -0.39 is 69.9 Å². The van der Waals surface area contributed by atoms with Crippen LogP contribution in [-0.2, 0) is 17.0 Å². The first-order valence-electron chi connectivity index (χ1n) is 12.8. The van der Waals surface area contributed by atoms with Gasteiger partial charge in [-0.15, -0.1) is 0 Å². The highest BCUT2D eigenvalue weighted by Crippen LogP contribution is 2.41. The van der Waals surface area contributed by atoms with Gasteiger partial charge in [-0.25, -0.2) is 22.0 Å².